The SMILES string of the molecule is C[C@@H](Oc1cccc2ccccc12)C(=O)N/N=C\c1cc([N+](=O)[O-])ccc1[O-]. The highest BCUT2D eigenvalue weighted by molar-refractivity contribution is 5.89. The van der Waals surface area contributed by atoms with Crippen molar-refractivity contribution in [2.24, 2.45) is 5.10 Å². The molecule has 142 valence electrons. The largest absolute Gasteiger partial charge is 0.872 e. The molecule has 0 saturated heterocycles. The minimum absolute atomic E-state index is 0.00266. The van der Waals surface area contributed by atoms with Crippen LogP contribution >= 0.6 is 0 Å². The van der Waals surface area contributed by atoms with E-state index in [-0.39, 0.29) is 11.3 Å². The minimum atomic E-state index is -0.847. The number of carbonyl (C=O) groups is 1. The summed E-state index contributed by atoms with van der Waals surface area (Å²) in [6.45, 7) is 1.57. The Bertz CT molecular complexity index is 1060. The number of non-ortho nitro benzene ring substituents is 1. The molecule has 0 heterocycles. The van der Waals surface area contributed by atoms with Gasteiger partial charge in [-0.3, -0.25) is 14.9 Å². The van der Waals surface area contributed by atoms with E-state index in [4.69, 9.17) is 4.74 Å². The Morgan fingerprint density at radius 2 is 1.93 bits per heavy atom. The molecule has 0 aliphatic heterocycles. The Morgan fingerprint density at radius 3 is 2.71 bits per heavy atom. The van der Waals surface area contributed by atoms with Gasteiger partial charge in [0.1, 0.15) is 5.75 Å². The molecule has 0 unspecified atom stereocenters. The molecule has 1 atom stereocenters. The Morgan fingerprint density at radius 1 is 1.18 bits per heavy atom. The van der Waals surface area contributed by atoms with Crippen molar-refractivity contribution in [3.63, 3.8) is 0 Å². The maximum absolute atomic E-state index is 12.2. The Hall–Kier alpha value is -3.94. The molecule has 3 aromatic rings. The van der Waals surface area contributed by atoms with Gasteiger partial charge in [-0.15, -0.1) is 0 Å². The molecule has 1 amide bonds. The molecule has 28 heavy (non-hydrogen) atoms. The quantitative estimate of drug-likeness (QED) is 0.402. The average molecular weight is 378 g/mol. The normalized spacial score (nSPS) is 12.0. The molecule has 0 aliphatic carbocycles. The van der Waals surface area contributed by atoms with Crippen LogP contribution in [0.3, 0.4) is 0 Å². The van der Waals surface area contributed by atoms with Crippen LogP contribution in [0.5, 0.6) is 11.5 Å². The molecule has 0 aliphatic rings. The highest BCUT2D eigenvalue weighted by Crippen LogP contribution is 2.26. The monoisotopic (exact) mass is 378 g/mol. The zero-order chi connectivity index (χ0) is 20.1. The number of nitro groups is 1. The highest BCUT2D eigenvalue weighted by Gasteiger charge is 2.15. The smallest absolute Gasteiger partial charge is 0.280 e. The maximum Gasteiger partial charge on any atom is 0.280 e. The van der Waals surface area contributed by atoms with Crippen LogP contribution < -0.4 is 15.3 Å². The number of hydrazone groups is 1. The predicted octanol–water partition coefficient (Wildman–Crippen LogP) is 2.74. The predicted molar refractivity (Wildman–Crippen MR) is 102 cm³/mol. The summed E-state index contributed by atoms with van der Waals surface area (Å²) in [5, 5.41) is 28.1. The third-order valence-electron chi connectivity index (χ3n) is 4.01. The van der Waals surface area contributed by atoms with Gasteiger partial charge in [-0.2, -0.15) is 5.10 Å². The van der Waals surface area contributed by atoms with Crippen LogP contribution in [-0.2, 0) is 4.79 Å². The molecule has 1 N–H and O–H groups in total. The lowest BCUT2D eigenvalue weighted by Gasteiger charge is -2.15. The summed E-state index contributed by atoms with van der Waals surface area (Å²) < 4.78 is 5.73. The lowest BCUT2D eigenvalue weighted by Crippen LogP contribution is -2.33. The van der Waals surface area contributed by atoms with E-state index in [9.17, 15) is 20.0 Å². The summed E-state index contributed by atoms with van der Waals surface area (Å²) >= 11 is 0. The van der Waals surface area contributed by atoms with Gasteiger partial charge in [-0.25, -0.2) is 5.43 Å². The van der Waals surface area contributed by atoms with Gasteiger partial charge in [-0.05, 0) is 23.9 Å². The molecule has 0 spiro atoms. The molecule has 0 aromatic heterocycles. The first-order valence-corrected chi connectivity index (χ1v) is 8.38. The summed E-state index contributed by atoms with van der Waals surface area (Å²) in [7, 11) is 0. The van der Waals surface area contributed by atoms with Gasteiger partial charge in [0, 0.05) is 17.5 Å². The van der Waals surface area contributed by atoms with E-state index in [1.165, 1.54) is 0 Å². The maximum atomic E-state index is 12.2. The van der Waals surface area contributed by atoms with Crippen molar-refractivity contribution in [2.75, 3.05) is 0 Å². The van der Waals surface area contributed by atoms with Crippen LogP contribution in [0, 0.1) is 10.1 Å². The third kappa shape index (κ3) is 4.24. The summed E-state index contributed by atoms with van der Waals surface area (Å²) in [6.07, 6.45) is 0.220. The molecule has 3 aromatic carbocycles. The second-order valence-electron chi connectivity index (χ2n) is 5.95. The van der Waals surface area contributed by atoms with Crippen LogP contribution in [0.2, 0.25) is 0 Å². The number of nitrogens with one attached hydrogen (secondary N) is 1. The number of fused-ring (bicyclic) bond motifs is 1. The standard InChI is InChI=1S/C20H17N3O5/c1-13(28-19-8-4-6-14-5-2-3-7-17(14)19)20(25)22-21-12-15-11-16(23(26)27)9-10-18(15)24/h2-13,24H,1H3,(H,22,25)/p-1/b21-12-/t13-/m1/s1. The number of hydrogen-bond donors (Lipinski definition) is 1. The summed E-state index contributed by atoms with van der Waals surface area (Å²) in [5.41, 5.74) is 2.03. The minimum Gasteiger partial charge on any atom is -0.872 e. The Labute approximate surface area is 160 Å². The van der Waals surface area contributed by atoms with E-state index in [1.807, 2.05) is 36.4 Å². The van der Waals surface area contributed by atoms with Gasteiger partial charge in [0.2, 0.25) is 0 Å². The first-order valence-electron chi connectivity index (χ1n) is 8.38. The first kappa shape index (κ1) is 18.8. The number of amides is 1. The van der Waals surface area contributed by atoms with Crippen molar-refractivity contribution in [3.8, 4) is 11.5 Å². The van der Waals surface area contributed by atoms with Gasteiger partial charge < -0.3 is 9.84 Å². The number of hydrogen-bond acceptors (Lipinski definition) is 6. The van der Waals surface area contributed by atoms with E-state index >= 15 is 0 Å². The van der Waals surface area contributed by atoms with Gasteiger partial charge >= 0.3 is 0 Å². The topological polar surface area (TPSA) is 117 Å². The van der Waals surface area contributed by atoms with Crippen LogP contribution in [0.15, 0.2) is 65.8 Å². The molecule has 0 radical (unpaired) electrons. The number of nitrogens with zero attached hydrogens (tertiary/aromatic N) is 2. The summed E-state index contributed by atoms with van der Waals surface area (Å²) in [4.78, 5) is 22.4. The number of rotatable bonds is 6. The second-order valence-corrected chi connectivity index (χ2v) is 5.95. The van der Waals surface area contributed by atoms with Crippen LogP contribution in [-0.4, -0.2) is 23.1 Å². The van der Waals surface area contributed by atoms with Crippen molar-refractivity contribution in [3.05, 3.63) is 76.3 Å². The zero-order valence-corrected chi connectivity index (χ0v) is 14.9. The molecule has 3 rings (SSSR count). The molecular formula is C20H16N3O5-. The van der Waals surface area contributed by atoms with E-state index in [0.29, 0.717) is 5.75 Å². The lowest BCUT2D eigenvalue weighted by atomic mass is 10.1. The lowest BCUT2D eigenvalue weighted by molar-refractivity contribution is -0.385. The molecule has 0 saturated carbocycles. The van der Waals surface area contributed by atoms with Gasteiger partial charge in [0.15, 0.2) is 6.10 Å². The van der Waals surface area contributed by atoms with Gasteiger partial charge in [0.25, 0.3) is 11.6 Å². The summed E-state index contributed by atoms with van der Waals surface area (Å²) in [5.74, 6) is -0.407. The number of carbonyl (C=O) groups excluding carboxylic acids is 1. The average Bonchev–Trinajstić information content (AvgIpc) is 2.69. The fraction of sp³-hybridized carbons (Fsp3) is 0.100. The van der Waals surface area contributed by atoms with Gasteiger partial charge in [0.05, 0.1) is 11.1 Å². The van der Waals surface area contributed by atoms with Crippen molar-refractivity contribution < 1.29 is 19.6 Å². The van der Waals surface area contributed by atoms with E-state index in [2.05, 4.69) is 10.5 Å². The zero-order valence-electron chi connectivity index (χ0n) is 14.9. The fourth-order valence-electron chi connectivity index (χ4n) is 2.55. The van der Waals surface area contributed by atoms with E-state index in [0.717, 1.165) is 35.2 Å². The number of ether oxygens (including phenoxy) is 1. The Kier molecular flexibility index (Phi) is 5.50. The van der Waals surface area contributed by atoms with Crippen LogP contribution in [0.1, 0.15) is 12.5 Å². The molecule has 8 nitrogen and oxygen atoms in total. The second kappa shape index (κ2) is 8.17. The summed E-state index contributed by atoms with van der Waals surface area (Å²) in [6, 6.07) is 16.4. The van der Waals surface area contributed by atoms with Crippen molar-refractivity contribution in [2.45, 2.75) is 13.0 Å². The third-order valence-corrected chi connectivity index (χ3v) is 4.01. The van der Waals surface area contributed by atoms with Crippen LogP contribution in [0.4, 0.5) is 5.69 Å². The number of benzene rings is 3. The molecular weight excluding hydrogens is 362 g/mol. The Balaban J connectivity index is 1.67. The molecule has 8 heteroatoms. The van der Waals surface area contributed by atoms with Crippen molar-refractivity contribution in [1.29, 1.82) is 0 Å². The van der Waals surface area contributed by atoms with E-state index in [1.54, 1.807) is 13.0 Å². The molecule has 0 fully saturated rings. The van der Waals surface area contributed by atoms with Crippen molar-refractivity contribution in [1.82, 2.24) is 5.43 Å². The van der Waals surface area contributed by atoms with Crippen LogP contribution in [0.25, 0.3) is 10.8 Å². The van der Waals surface area contributed by atoms with Crippen molar-refractivity contribution >= 4 is 28.6 Å². The first-order chi connectivity index (χ1) is 13.5. The number of nitro benzene ring substituents is 1. The van der Waals surface area contributed by atoms with Gasteiger partial charge in [-0.1, -0.05) is 48.2 Å². The van der Waals surface area contributed by atoms with E-state index < -0.39 is 22.7 Å². The fourth-order valence-corrected chi connectivity index (χ4v) is 2.55. The molecule has 0 bridgehead atoms. The highest BCUT2D eigenvalue weighted by atomic mass is 16.6.